The molecule has 0 saturated heterocycles. The highest BCUT2D eigenvalue weighted by atomic mass is 32.2. The summed E-state index contributed by atoms with van der Waals surface area (Å²) >= 11 is 0. The number of aryl methyl sites for hydroxylation is 1. The first-order valence-electron chi connectivity index (χ1n) is 9.20. The van der Waals surface area contributed by atoms with Crippen molar-refractivity contribution in [3.63, 3.8) is 0 Å². The van der Waals surface area contributed by atoms with Crippen molar-refractivity contribution < 1.29 is 13.2 Å². The van der Waals surface area contributed by atoms with Crippen LogP contribution in [0.25, 0.3) is 10.8 Å². The van der Waals surface area contributed by atoms with Crippen molar-refractivity contribution in [1.29, 1.82) is 0 Å². The summed E-state index contributed by atoms with van der Waals surface area (Å²) in [6, 6.07) is 20.4. The van der Waals surface area contributed by atoms with Crippen LogP contribution < -0.4 is 10.0 Å². The summed E-state index contributed by atoms with van der Waals surface area (Å²) in [4.78, 5) is 12.5. The molecule has 2 N–H and O–H groups in total. The molecule has 0 fully saturated rings. The lowest BCUT2D eigenvalue weighted by Gasteiger charge is -2.17. The van der Waals surface area contributed by atoms with Crippen molar-refractivity contribution in [2.75, 3.05) is 6.54 Å². The van der Waals surface area contributed by atoms with Crippen molar-refractivity contribution in [2.24, 2.45) is 0 Å². The maximum atomic E-state index is 12.3. The Hall–Kier alpha value is -2.70. The Morgan fingerprint density at radius 1 is 0.964 bits per heavy atom. The number of benzene rings is 3. The molecule has 0 saturated carbocycles. The van der Waals surface area contributed by atoms with Crippen molar-refractivity contribution in [3.05, 3.63) is 77.9 Å². The van der Waals surface area contributed by atoms with Crippen molar-refractivity contribution in [1.82, 2.24) is 10.0 Å². The van der Waals surface area contributed by atoms with Gasteiger partial charge in [0.05, 0.1) is 10.9 Å². The molecule has 1 atom stereocenters. The topological polar surface area (TPSA) is 75.3 Å². The second kappa shape index (κ2) is 8.54. The van der Waals surface area contributed by atoms with Crippen LogP contribution in [0.1, 0.15) is 30.5 Å². The van der Waals surface area contributed by atoms with Gasteiger partial charge in [-0.05, 0) is 42.3 Å². The molecule has 3 aromatic carbocycles. The van der Waals surface area contributed by atoms with Crippen LogP contribution in [-0.4, -0.2) is 20.9 Å². The summed E-state index contributed by atoms with van der Waals surface area (Å²) in [6.07, 6.45) is 0.0696. The minimum atomic E-state index is -3.61. The standard InChI is InChI=1S/C22H24N2O3S/c1-16-10-12-19(13-11-16)28(26,27)23-15-14-22(25)24-17(2)20-9-5-7-18-6-3-4-8-21(18)20/h3-13,17,23H,14-15H2,1-2H3,(H,24,25)/t17-/m0/s1. The summed E-state index contributed by atoms with van der Waals surface area (Å²) in [5.74, 6) is -0.202. The Kier molecular flexibility index (Phi) is 6.11. The van der Waals surface area contributed by atoms with E-state index >= 15 is 0 Å². The number of sulfonamides is 1. The van der Waals surface area contributed by atoms with E-state index in [0.29, 0.717) is 0 Å². The number of fused-ring (bicyclic) bond motifs is 1. The predicted molar refractivity (Wildman–Crippen MR) is 111 cm³/mol. The lowest BCUT2D eigenvalue weighted by molar-refractivity contribution is -0.121. The molecule has 0 bridgehead atoms. The van der Waals surface area contributed by atoms with E-state index < -0.39 is 10.0 Å². The second-order valence-electron chi connectivity index (χ2n) is 6.82. The SMILES string of the molecule is Cc1ccc(S(=O)(=O)NCCC(=O)N[C@@H](C)c2cccc3ccccc23)cc1. The van der Waals surface area contributed by atoms with E-state index in [4.69, 9.17) is 0 Å². The Morgan fingerprint density at radius 3 is 2.39 bits per heavy atom. The fraction of sp³-hybridized carbons (Fsp3) is 0.227. The van der Waals surface area contributed by atoms with E-state index in [-0.39, 0.29) is 29.8 Å². The van der Waals surface area contributed by atoms with Crippen molar-refractivity contribution in [2.45, 2.75) is 31.2 Å². The van der Waals surface area contributed by atoms with Crippen LogP contribution in [0.4, 0.5) is 0 Å². The van der Waals surface area contributed by atoms with E-state index in [0.717, 1.165) is 21.9 Å². The van der Waals surface area contributed by atoms with Crippen molar-refractivity contribution >= 4 is 26.7 Å². The molecule has 0 aliphatic rings. The number of carbonyl (C=O) groups excluding carboxylic acids is 1. The van der Waals surface area contributed by atoms with Gasteiger partial charge in [0.2, 0.25) is 15.9 Å². The highest BCUT2D eigenvalue weighted by Gasteiger charge is 2.15. The molecule has 6 heteroatoms. The van der Waals surface area contributed by atoms with Crippen LogP contribution in [0.3, 0.4) is 0 Å². The van der Waals surface area contributed by atoms with Gasteiger partial charge < -0.3 is 5.32 Å². The van der Waals surface area contributed by atoms with Gasteiger partial charge in [-0.2, -0.15) is 0 Å². The molecule has 0 spiro atoms. The Morgan fingerprint density at radius 2 is 1.64 bits per heavy atom. The molecule has 0 heterocycles. The first-order chi connectivity index (χ1) is 13.4. The van der Waals surface area contributed by atoms with Gasteiger partial charge in [0.15, 0.2) is 0 Å². The van der Waals surface area contributed by atoms with Gasteiger partial charge in [0.25, 0.3) is 0 Å². The summed E-state index contributed by atoms with van der Waals surface area (Å²) < 4.78 is 27.0. The summed E-state index contributed by atoms with van der Waals surface area (Å²) in [5.41, 5.74) is 2.02. The third kappa shape index (κ3) is 4.77. The molecule has 0 aromatic heterocycles. The van der Waals surface area contributed by atoms with Crippen LogP contribution in [0.15, 0.2) is 71.6 Å². The highest BCUT2D eigenvalue weighted by Crippen LogP contribution is 2.24. The lowest BCUT2D eigenvalue weighted by Crippen LogP contribution is -2.32. The molecule has 0 aliphatic carbocycles. The minimum Gasteiger partial charge on any atom is -0.350 e. The van der Waals surface area contributed by atoms with Crippen LogP contribution in [0, 0.1) is 6.92 Å². The zero-order valence-corrected chi connectivity index (χ0v) is 16.8. The Balaban J connectivity index is 1.57. The number of nitrogens with one attached hydrogen (secondary N) is 2. The molecule has 0 unspecified atom stereocenters. The first-order valence-corrected chi connectivity index (χ1v) is 10.7. The molecule has 146 valence electrons. The van der Waals surface area contributed by atoms with Crippen molar-refractivity contribution in [3.8, 4) is 0 Å². The maximum Gasteiger partial charge on any atom is 0.240 e. The van der Waals surface area contributed by atoms with Gasteiger partial charge in [0, 0.05) is 13.0 Å². The van der Waals surface area contributed by atoms with E-state index in [1.807, 2.05) is 56.3 Å². The monoisotopic (exact) mass is 396 g/mol. The lowest BCUT2D eigenvalue weighted by atomic mass is 9.99. The molecule has 1 amide bonds. The van der Waals surface area contributed by atoms with Gasteiger partial charge in [-0.15, -0.1) is 0 Å². The highest BCUT2D eigenvalue weighted by molar-refractivity contribution is 7.89. The molecule has 3 rings (SSSR count). The smallest absolute Gasteiger partial charge is 0.240 e. The van der Waals surface area contributed by atoms with Gasteiger partial charge in [0.1, 0.15) is 0 Å². The zero-order valence-electron chi connectivity index (χ0n) is 16.0. The van der Waals surface area contributed by atoms with E-state index in [1.54, 1.807) is 24.3 Å². The third-order valence-corrected chi connectivity index (χ3v) is 6.12. The fourth-order valence-electron chi connectivity index (χ4n) is 3.12. The molecular weight excluding hydrogens is 372 g/mol. The predicted octanol–water partition coefficient (Wildman–Crippen LogP) is 3.69. The van der Waals surface area contributed by atoms with Gasteiger partial charge >= 0.3 is 0 Å². The van der Waals surface area contributed by atoms with E-state index in [9.17, 15) is 13.2 Å². The molecule has 3 aromatic rings. The average molecular weight is 397 g/mol. The van der Waals surface area contributed by atoms with Gasteiger partial charge in [-0.1, -0.05) is 60.2 Å². The summed E-state index contributed by atoms with van der Waals surface area (Å²) in [6.45, 7) is 3.87. The molecule has 5 nitrogen and oxygen atoms in total. The largest absolute Gasteiger partial charge is 0.350 e. The fourth-order valence-corrected chi connectivity index (χ4v) is 4.15. The Bertz CT molecular complexity index is 1070. The van der Waals surface area contributed by atoms with Crippen LogP contribution in [0.2, 0.25) is 0 Å². The van der Waals surface area contributed by atoms with E-state index in [1.165, 1.54) is 0 Å². The normalized spacial score (nSPS) is 12.6. The van der Waals surface area contributed by atoms with E-state index in [2.05, 4.69) is 10.0 Å². The van der Waals surface area contributed by atoms with Gasteiger partial charge in [-0.25, -0.2) is 13.1 Å². The molecule has 0 aliphatic heterocycles. The number of hydrogen-bond donors (Lipinski definition) is 2. The second-order valence-corrected chi connectivity index (χ2v) is 8.59. The third-order valence-electron chi connectivity index (χ3n) is 4.64. The number of rotatable bonds is 7. The number of hydrogen-bond acceptors (Lipinski definition) is 3. The number of amides is 1. The Labute approximate surface area is 165 Å². The molecule has 28 heavy (non-hydrogen) atoms. The zero-order chi connectivity index (χ0) is 20.1. The minimum absolute atomic E-state index is 0.0459. The summed E-state index contributed by atoms with van der Waals surface area (Å²) in [5, 5.41) is 5.16. The van der Waals surface area contributed by atoms with Crippen LogP contribution in [-0.2, 0) is 14.8 Å². The summed E-state index contributed by atoms with van der Waals surface area (Å²) in [7, 11) is -3.61. The maximum absolute atomic E-state index is 12.3. The number of carbonyl (C=O) groups is 1. The first kappa shape index (κ1) is 20.0. The quantitative estimate of drug-likeness (QED) is 0.639. The van der Waals surface area contributed by atoms with Gasteiger partial charge in [-0.3, -0.25) is 4.79 Å². The van der Waals surface area contributed by atoms with Crippen LogP contribution in [0.5, 0.6) is 0 Å². The van der Waals surface area contributed by atoms with Crippen LogP contribution >= 0.6 is 0 Å². The molecule has 0 radical (unpaired) electrons. The molecular formula is C22H24N2O3S. The average Bonchev–Trinajstić information content (AvgIpc) is 2.67.